The smallest absolute Gasteiger partial charge is 0.306 e. The number of anilines is 1. The Morgan fingerprint density at radius 1 is 1.25 bits per heavy atom. The van der Waals surface area contributed by atoms with Gasteiger partial charge in [0.15, 0.2) is 10.0 Å². The highest BCUT2D eigenvalue weighted by molar-refractivity contribution is 7.94. The zero-order chi connectivity index (χ0) is 15.1. The fraction of sp³-hybridized carbons (Fsp3) is 0.182. The van der Waals surface area contributed by atoms with Gasteiger partial charge in [-0.1, -0.05) is 17.4 Å². The van der Waals surface area contributed by atoms with Gasteiger partial charge in [0.1, 0.15) is 11.5 Å². The molecule has 0 aliphatic carbocycles. The van der Waals surface area contributed by atoms with Gasteiger partial charge in [-0.15, -0.1) is 0 Å². The van der Waals surface area contributed by atoms with E-state index in [4.69, 9.17) is 0 Å². The maximum Gasteiger partial charge on any atom is 0.306 e. The van der Waals surface area contributed by atoms with Crippen LogP contribution in [0.2, 0.25) is 0 Å². The summed E-state index contributed by atoms with van der Waals surface area (Å²) in [6.45, 7) is 2.77. The summed E-state index contributed by atoms with van der Waals surface area (Å²) in [5, 5.41) is 0. The van der Waals surface area contributed by atoms with Crippen LogP contribution < -0.4 is 9.60 Å². The number of aryl methyl sites for hydroxylation is 2. The van der Waals surface area contributed by atoms with Gasteiger partial charge in [0.2, 0.25) is 0 Å². The van der Waals surface area contributed by atoms with Crippen LogP contribution in [0.3, 0.4) is 0 Å². The van der Waals surface area contributed by atoms with Gasteiger partial charge in [-0.25, -0.2) is 17.2 Å². The van der Waals surface area contributed by atoms with Crippen molar-refractivity contribution in [2.24, 2.45) is 0 Å². The molecule has 0 saturated heterocycles. The summed E-state index contributed by atoms with van der Waals surface area (Å²) in [4.78, 5) is 12.9. The SMILES string of the molecule is Cc1ccc(F)c(NS(=O)(=O)c2sc(=O)[nH]c2C)c1F. The van der Waals surface area contributed by atoms with Crippen LogP contribution >= 0.6 is 11.3 Å². The summed E-state index contributed by atoms with van der Waals surface area (Å²) in [6, 6.07) is 2.16. The van der Waals surface area contributed by atoms with Gasteiger partial charge in [0.05, 0.1) is 0 Å². The predicted octanol–water partition coefficient (Wildman–Crippen LogP) is 2.13. The second-order valence-electron chi connectivity index (χ2n) is 4.09. The average Bonchev–Trinajstić information content (AvgIpc) is 2.70. The second-order valence-corrected chi connectivity index (χ2v) is 6.95. The lowest BCUT2D eigenvalue weighted by atomic mass is 10.2. The first-order chi connectivity index (χ1) is 9.22. The maximum atomic E-state index is 13.8. The summed E-state index contributed by atoms with van der Waals surface area (Å²) in [6.07, 6.45) is 0. The van der Waals surface area contributed by atoms with Gasteiger partial charge >= 0.3 is 4.87 Å². The van der Waals surface area contributed by atoms with Crippen LogP contribution in [0, 0.1) is 25.5 Å². The van der Waals surface area contributed by atoms with E-state index in [2.05, 4.69) is 4.98 Å². The molecule has 0 unspecified atom stereocenters. The number of benzene rings is 1. The van der Waals surface area contributed by atoms with E-state index in [0.717, 1.165) is 6.07 Å². The minimum absolute atomic E-state index is 0.100. The quantitative estimate of drug-likeness (QED) is 0.909. The Balaban J connectivity index is 2.52. The van der Waals surface area contributed by atoms with Crippen molar-refractivity contribution in [3.05, 3.63) is 44.7 Å². The number of nitrogens with one attached hydrogen (secondary N) is 2. The molecule has 108 valence electrons. The number of H-pyrrole nitrogens is 1. The van der Waals surface area contributed by atoms with Crippen molar-refractivity contribution >= 4 is 27.0 Å². The molecule has 0 saturated carbocycles. The number of sulfonamides is 1. The first-order valence-electron chi connectivity index (χ1n) is 5.39. The highest BCUT2D eigenvalue weighted by Gasteiger charge is 2.24. The van der Waals surface area contributed by atoms with E-state index in [0.29, 0.717) is 11.3 Å². The minimum Gasteiger partial charge on any atom is -0.315 e. The van der Waals surface area contributed by atoms with Gasteiger partial charge in [-0.3, -0.25) is 9.52 Å². The molecular weight excluding hydrogens is 310 g/mol. The fourth-order valence-corrected chi connectivity index (χ4v) is 3.95. The molecule has 0 radical (unpaired) electrons. The monoisotopic (exact) mass is 320 g/mol. The van der Waals surface area contributed by atoms with Crippen molar-refractivity contribution in [2.75, 3.05) is 4.72 Å². The Labute approximate surface area is 117 Å². The van der Waals surface area contributed by atoms with Crippen LogP contribution in [0.1, 0.15) is 11.3 Å². The third-order valence-electron chi connectivity index (χ3n) is 2.55. The van der Waals surface area contributed by atoms with Gasteiger partial charge in [-0.2, -0.15) is 0 Å². The van der Waals surface area contributed by atoms with Crippen molar-refractivity contribution < 1.29 is 17.2 Å². The first-order valence-corrected chi connectivity index (χ1v) is 7.69. The molecular formula is C11H10F2N2O3S2. The Morgan fingerprint density at radius 3 is 2.45 bits per heavy atom. The molecule has 0 fully saturated rings. The van der Waals surface area contributed by atoms with Crippen LogP contribution in [0.25, 0.3) is 0 Å². The Bertz CT molecular complexity index is 825. The third-order valence-corrected chi connectivity index (χ3v) is 5.50. The largest absolute Gasteiger partial charge is 0.315 e. The van der Waals surface area contributed by atoms with E-state index in [9.17, 15) is 22.0 Å². The topological polar surface area (TPSA) is 79.0 Å². The molecule has 0 atom stereocenters. The number of hydrogen-bond acceptors (Lipinski definition) is 4. The molecule has 1 aromatic carbocycles. The van der Waals surface area contributed by atoms with Crippen molar-refractivity contribution in [1.82, 2.24) is 4.98 Å². The zero-order valence-corrected chi connectivity index (χ0v) is 12.1. The standard InChI is InChI=1S/C11H10F2N2O3S2/c1-5-3-4-7(12)9(8(5)13)15-20(17,18)10-6(2)14-11(16)19-10/h3-4,15H,1-2H3,(H,14,16). The van der Waals surface area contributed by atoms with Crippen LogP contribution in [0.15, 0.2) is 21.1 Å². The minimum atomic E-state index is -4.23. The molecule has 2 N–H and O–H groups in total. The van der Waals surface area contributed by atoms with Gasteiger partial charge in [-0.05, 0) is 25.5 Å². The number of aromatic amines is 1. The van der Waals surface area contributed by atoms with Crippen LogP contribution in [0.4, 0.5) is 14.5 Å². The Morgan fingerprint density at radius 2 is 1.90 bits per heavy atom. The van der Waals surface area contributed by atoms with Crippen molar-refractivity contribution in [3.8, 4) is 0 Å². The summed E-state index contributed by atoms with van der Waals surface area (Å²) in [5.74, 6) is -2.02. The predicted molar refractivity (Wildman–Crippen MR) is 71.6 cm³/mol. The van der Waals surface area contributed by atoms with E-state index in [1.165, 1.54) is 19.9 Å². The lowest BCUT2D eigenvalue weighted by molar-refractivity contribution is 0.579. The van der Waals surface area contributed by atoms with Gasteiger partial charge < -0.3 is 4.98 Å². The maximum absolute atomic E-state index is 13.8. The highest BCUT2D eigenvalue weighted by Crippen LogP contribution is 2.26. The molecule has 5 nitrogen and oxygen atoms in total. The highest BCUT2D eigenvalue weighted by atomic mass is 32.2. The molecule has 1 aromatic heterocycles. The summed E-state index contributed by atoms with van der Waals surface area (Å²) in [5.41, 5.74) is -0.547. The lowest BCUT2D eigenvalue weighted by Gasteiger charge is -2.10. The van der Waals surface area contributed by atoms with Crippen molar-refractivity contribution in [2.45, 2.75) is 18.1 Å². The molecule has 0 aliphatic heterocycles. The second kappa shape index (κ2) is 4.98. The third kappa shape index (κ3) is 2.59. The average molecular weight is 320 g/mol. The first kappa shape index (κ1) is 14.7. The van der Waals surface area contributed by atoms with Gasteiger partial charge in [0, 0.05) is 5.69 Å². The van der Waals surface area contributed by atoms with Crippen LogP contribution in [-0.2, 0) is 10.0 Å². The van der Waals surface area contributed by atoms with E-state index in [1.807, 2.05) is 4.72 Å². The zero-order valence-electron chi connectivity index (χ0n) is 10.5. The number of aromatic nitrogens is 1. The van der Waals surface area contributed by atoms with E-state index >= 15 is 0 Å². The molecule has 0 amide bonds. The number of rotatable bonds is 3. The normalized spacial score (nSPS) is 11.6. The Kier molecular flexibility index (Phi) is 3.65. The van der Waals surface area contributed by atoms with E-state index in [1.54, 1.807) is 0 Å². The van der Waals surface area contributed by atoms with Crippen molar-refractivity contribution in [3.63, 3.8) is 0 Å². The van der Waals surface area contributed by atoms with E-state index < -0.39 is 32.2 Å². The summed E-state index contributed by atoms with van der Waals surface area (Å²) >= 11 is 0.450. The number of halogens is 2. The molecule has 0 aliphatic rings. The Hall–Kier alpha value is -1.74. The molecule has 20 heavy (non-hydrogen) atoms. The molecule has 2 aromatic rings. The summed E-state index contributed by atoms with van der Waals surface area (Å²) < 4.78 is 53.0. The van der Waals surface area contributed by atoms with E-state index in [-0.39, 0.29) is 15.5 Å². The van der Waals surface area contributed by atoms with Crippen LogP contribution in [-0.4, -0.2) is 13.4 Å². The fourth-order valence-electron chi connectivity index (χ4n) is 1.58. The molecule has 0 spiro atoms. The number of hydrogen-bond donors (Lipinski definition) is 2. The van der Waals surface area contributed by atoms with Crippen LogP contribution in [0.5, 0.6) is 0 Å². The number of thiazole rings is 1. The summed E-state index contributed by atoms with van der Waals surface area (Å²) in [7, 11) is -4.23. The van der Waals surface area contributed by atoms with Gasteiger partial charge in [0.25, 0.3) is 10.0 Å². The molecule has 1 heterocycles. The molecule has 9 heteroatoms. The molecule has 0 bridgehead atoms. The molecule has 2 rings (SSSR count). The lowest BCUT2D eigenvalue weighted by Crippen LogP contribution is -2.15. The van der Waals surface area contributed by atoms with Crippen molar-refractivity contribution in [1.29, 1.82) is 0 Å².